The second kappa shape index (κ2) is 9.19. The minimum atomic E-state index is -0.0705. The summed E-state index contributed by atoms with van der Waals surface area (Å²) in [6.07, 6.45) is 5.62. The van der Waals surface area contributed by atoms with E-state index in [4.69, 9.17) is 11.6 Å². The van der Waals surface area contributed by atoms with E-state index < -0.39 is 0 Å². The maximum absolute atomic E-state index is 12.3. The van der Waals surface area contributed by atoms with Crippen molar-refractivity contribution in [3.05, 3.63) is 41.2 Å². The minimum Gasteiger partial charge on any atom is -0.338 e. The van der Waals surface area contributed by atoms with Crippen LogP contribution in [0.15, 0.2) is 35.5 Å². The highest BCUT2D eigenvalue weighted by Crippen LogP contribution is 2.38. The topological polar surface area (TPSA) is 64.6 Å². The van der Waals surface area contributed by atoms with Crippen LogP contribution in [-0.4, -0.2) is 64.5 Å². The van der Waals surface area contributed by atoms with Gasteiger partial charge in [0, 0.05) is 50.1 Å². The first-order chi connectivity index (χ1) is 14.1. The number of aromatic nitrogens is 2. The monoisotopic (exact) mass is 432 g/mol. The van der Waals surface area contributed by atoms with E-state index >= 15 is 0 Å². The SMILES string of the molecule is Cc1cc2c(cc1Cl)NC(=O)N(CCCCN1CCN(c3ncccn3)CC1)S2. The third-order valence-corrected chi connectivity index (χ3v) is 6.74. The fourth-order valence-electron chi connectivity index (χ4n) is 3.53. The first-order valence-corrected chi connectivity index (χ1v) is 11.1. The van der Waals surface area contributed by atoms with E-state index in [0.29, 0.717) is 5.02 Å². The number of aryl methyl sites for hydroxylation is 1. The Bertz CT molecular complexity index is 860. The van der Waals surface area contributed by atoms with Gasteiger partial charge in [-0.1, -0.05) is 11.6 Å². The molecule has 154 valence electrons. The maximum atomic E-state index is 12.3. The van der Waals surface area contributed by atoms with Crippen LogP contribution in [-0.2, 0) is 0 Å². The summed E-state index contributed by atoms with van der Waals surface area (Å²) in [7, 11) is 0. The first-order valence-electron chi connectivity index (χ1n) is 9.91. The molecule has 1 fully saturated rings. The largest absolute Gasteiger partial charge is 0.338 e. The summed E-state index contributed by atoms with van der Waals surface area (Å²) in [5, 5.41) is 3.62. The van der Waals surface area contributed by atoms with Crippen LogP contribution in [0.4, 0.5) is 16.4 Å². The molecule has 1 N–H and O–H groups in total. The van der Waals surface area contributed by atoms with Crippen LogP contribution >= 0.6 is 23.5 Å². The lowest BCUT2D eigenvalue weighted by Crippen LogP contribution is -2.47. The number of carbonyl (C=O) groups is 1. The van der Waals surface area contributed by atoms with Crippen molar-refractivity contribution in [1.29, 1.82) is 0 Å². The van der Waals surface area contributed by atoms with Gasteiger partial charge in [-0.05, 0) is 62.0 Å². The Kier molecular flexibility index (Phi) is 6.42. The summed E-state index contributed by atoms with van der Waals surface area (Å²) in [5.41, 5.74) is 1.82. The second-order valence-corrected chi connectivity index (χ2v) is 8.78. The van der Waals surface area contributed by atoms with Gasteiger partial charge in [-0.15, -0.1) is 0 Å². The Balaban J connectivity index is 1.19. The van der Waals surface area contributed by atoms with E-state index in [1.165, 1.54) is 11.9 Å². The number of carbonyl (C=O) groups excluding carboxylic acids is 1. The molecule has 0 saturated carbocycles. The van der Waals surface area contributed by atoms with E-state index in [1.54, 1.807) is 16.7 Å². The predicted molar refractivity (Wildman–Crippen MR) is 118 cm³/mol. The van der Waals surface area contributed by atoms with Crippen molar-refractivity contribution < 1.29 is 4.79 Å². The number of halogens is 1. The molecule has 3 heterocycles. The summed E-state index contributed by atoms with van der Waals surface area (Å²) in [5.74, 6) is 0.817. The Morgan fingerprint density at radius 1 is 1.10 bits per heavy atom. The highest BCUT2D eigenvalue weighted by Gasteiger charge is 2.24. The highest BCUT2D eigenvalue weighted by molar-refractivity contribution is 7.97. The molecule has 0 radical (unpaired) electrons. The molecule has 9 heteroatoms. The number of nitrogens with one attached hydrogen (secondary N) is 1. The molecule has 2 aromatic rings. The molecule has 1 saturated heterocycles. The summed E-state index contributed by atoms with van der Waals surface area (Å²) in [6, 6.07) is 5.63. The van der Waals surface area contributed by atoms with Gasteiger partial charge in [0.2, 0.25) is 5.95 Å². The molecule has 0 spiro atoms. The van der Waals surface area contributed by atoms with Crippen molar-refractivity contribution in [3.8, 4) is 0 Å². The van der Waals surface area contributed by atoms with E-state index in [9.17, 15) is 4.79 Å². The number of fused-ring (bicyclic) bond motifs is 1. The molecule has 2 aliphatic heterocycles. The van der Waals surface area contributed by atoms with Crippen molar-refractivity contribution in [2.45, 2.75) is 24.7 Å². The molecule has 29 heavy (non-hydrogen) atoms. The summed E-state index contributed by atoms with van der Waals surface area (Å²) in [4.78, 5) is 26.8. The Morgan fingerprint density at radius 2 is 1.83 bits per heavy atom. The Morgan fingerprint density at radius 3 is 2.59 bits per heavy atom. The molecule has 1 aromatic carbocycles. The standard InChI is InChI=1S/C20H25ClN6OS/c1-15-13-18-17(14-16(15)21)24-20(28)27(29-18)8-3-2-7-25-9-11-26(12-10-25)19-22-5-4-6-23-19/h4-6,13-14H,2-3,7-12H2,1H3,(H,24,28). The van der Waals surface area contributed by atoms with Gasteiger partial charge in [0.25, 0.3) is 0 Å². The first kappa shape index (κ1) is 20.3. The fraction of sp³-hybridized carbons (Fsp3) is 0.450. The van der Waals surface area contributed by atoms with Gasteiger partial charge >= 0.3 is 6.03 Å². The van der Waals surface area contributed by atoms with Crippen molar-refractivity contribution >= 4 is 41.2 Å². The minimum absolute atomic E-state index is 0.0705. The van der Waals surface area contributed by atoms with Crippen LogP contribution in [0.3, 0.4) is 0 Å². The number of amides is 2. The van der Waals surface area contributed by atoms with Gasteiger partial charge in [0.15, 0.2) is 0 Å². The van der Waals surface area contributed by atoms with Crippen molar-refractivity contribution in [3.63, 3.8) is 0 Å². The molecular formula is C20H25ClN6OS. The molecule has 0 bridgehead atoms. The van der Waals surface area contributed by atoms with Gasteiger partial charge in [-0.25, -0.2) is 14.8 Å². The van der Waals surface area contributed by atoms with Crippen LogP contribution in [0.5, 0.6) is 0 Å². The molecular weight excluding hydrogens is 408 g/mol. The van der Waals surface area contributed by atoms with Crippen LogP contribution in [0, 0.1) is 6.92 Å². The molecule has 4 rings (SSSR count). The molecule has 2 amide bonds. The summed E-state index contributed by atoms with van der Waals surface area (Å²) < 4.78 is 1.81. The van der Waals surface area contributed by atoms with Gasteiger partial charge in [-0.3, -0.25) is 9.21 Å². The number of anilines is 2. The van der Waals surface area contributed by atoms with Gasteiger partial charge in [0.05, 0.1) is 10.6 Å². The second-order valence-electron chi connectivity index (χ2n) is 7.31. The quantitative estimate of drug-likeness (QED) is 0.551. The number of rotatable bonds is 6. The summed E-state index contributed by atoms with van der Waals surface area (Å²) >= 11 is 7.66. The van der Waals surface area contributed by atoms with E-state index in [-0.39, 0.29) is 6.03 Å². The van der Waals surface area contributed by atoms with Gasteiger partial charge in [0.1, 0.15) is 0 Å². The number of hydrogen-bond acceptors (Lipinski definition) is 6. The van der Waals surface area contributed by atoms with Crippen molar-refractivity contribution in [2.75, 3.05) is 49.5 Å². The molecule has 0 unspecified atom stereocenters. The number of unbranched alkanes of at least 4 members (excludes halogenated alkanes) is 1. The van der Waals surface area contributed by atoms with Crippen molar-refractivity contribution in [1.82, 2.24) is 19.2 Å². The summed E-state index contributed by atoms with van der Waals surface area (Å²) in [6.45, 7) is 7.70. The molecule has 0 aliphatic carbocycles. The third-order valence-electron chi connectivity index (χ3n) is 5.23. The van der Waals surface area contributed by atoms with E-state index in [1.807, 2.05) is 25.1 Å². The Hall–Kier alpha value is -2.03. The number of hydrogen-bond donors (Lipinski definition) is 1. The molecule has 1 aromatic heterocycles. The van der Waals surface area contributed by atoms with Crippen LogP contribution < -0.4 is 10.2 Å². The third kappa shape index (κ3) is 4.94. The lowest BCUT2D eigenvalue weighted by Gasteiger charge is -2.34. The average Bonchev–Trinajstić information content (AvgIpc) is 2.74. The highest BCUT2D eigenvalue weighted by atomic mass is 35.5. The van der Waals surface area contributed by atoms with E-state index in [2.05, 4.69) is 25.1 Å². The normalized spacial score (nSPS) is 17.2. The lowest BCUT2D eigenvalue weighted by atomic mass is 10.2. The lowest BCUT2D eigenvalue weighted by molar-refractivity contribution is 0.233. The molecule has 7 nitrogen and oxygen atoms in total. The average molecular weight is 433 g/mol. The fourth-order valence-corrected chi connectivity index (χ4v) is 4.72. The van der Waals surface area contributed by atoms with E-state index in [0.717, 1.165) is 74.2 Å². The molecule has 0 atom stereocenters. The zero-order valence-corrected chi connectivity index (χ0v) is 18.0. The Labute approximate surface area is 180 Å². The van der Waals surface area contributed by atoms with Crippen LogP contribution in [0.2, 0.25) is 5.02 Å². The zero-order chi connectivity index (χ0) is 20.2. The zero-order valence-electron chi connectivity index (χ0n) is 16.5. The predicted octanol–water partition coefficient (Wildman–Crippen LogP) is 3.90. The number of urea groups is 1. The van der Waals surface area contributed by atoms with Crippen molar-refractivity contribution in [2.24, 2.45) is 0 Å². The van der Waals surface area contributed by atoms with Gasteiger partial charge < -0.3 is 10.2 Å². The maximum Gasteiger partial charge on any atom is 0.332 e. The smallest absolute Gasteiger partial charge is 0.332 e. The van der Waals surface area contributed by atoms with Crippen LogP contribution in [0.25, 0.3) is 0 Å². The molecule has 2 aliphatic rings. The van der Waals surface area contributed by atoms with Gasteiger partial charge in [-0.2, -0.15) is 0 Å². The number of piperazine rings is 1. The number of nitrogens with zero attached hydrogens (tertiary/aromatic N) is 5. The van der Waals surface area contributed by atoms with Crippen LogP contribution in [0.1, 0.15) is 18.4 Å². The number of benzene rings is 1.